The fourth-order valence-electron chi connectivity index (χ4n) is 3.35. The van der Waals surface area contributed by atoms with Gasteiger partial charge in [-0.3, -0.25) is 0 Å². The largest absolute Gasteiger partial charge is 0.493 e. The van der Waals surface area contributed by atoms with Crippen molar-refractivity contribution in [3.05, 3.63) is 54.2 Å². The highest BCUT2D eigenvalue weighted by Crippen LogP contribution is 2.32. The number of fused-ring (bicyclic) bond motifs is 1. The molecule has 1 heterocycles. The molecule has 1 unspecified atom stereocenters. The molecule has 2 N–H and O–H groups in total. The summed E-state index contributed by atoms with van der Waals surface area (Å²) in [7, 11) is 5.21. The maximum atomic E-state index is 12.6. The number of benzene rings is 2. The van der Waals surface area contributed by atoms with Gasteiger partial charge in [-0.15, -0.1) is 0 Å². The van der Waals surface area contributed by atoms with Crippen molar-refractivity contribution in [1.82, 2.24) is 9.88 Å². The third-order valence-electron chi connectivity index (χ3n) is 4.86. The number of carbonyl (C=O) groups excluding carboxylic acids is 1. The Bertz CT molecular complexity index is 978. The molecule has 28 heavy (non-hydrogen) atoms. The van der Waals surface area contributed by atoms with E-state index in [2.05, 4.69) is 24.5 Å². The predicted octanol–water partition coefficient (Wildman–Crippen LogP) is 4.71. The maximum absolute atomic E-state index is 12.6. The van der Waals surface area contributed by atoms with E-state index in [9.17, 15) is 4.79 Å². The van der Waals surface area contributed by atoms with E-state index in [1.807, 2.05) is 60.3 Å². The van der Waals surface area contributed by atoms with Crippen LogP contribution in [0.3, 0.4) is 0 Å². The SMILES string of the molecule is COc1ccc(C(NC(=O)Nc2ccc3c(ccn3C)c2)C(C)C)cc1OC. The molecular weight excluding hydrogens is 354 g/mol. The van der Waals surface area contributed by atoms with Crippen LogP contribution in [0.15, 0.2) is 48.7 Å². The molecule has 0 fully saturated rings. The van der Waals surface area contributed by atoms with Crippen LogP contribution in [0, 0.1) is 5.92 Å². The summed E-state index contributed by atoms with van der Waals surface area (Å²) in [6.07, 6.45) is 2.00. The first kappa shape index (κ1) is 19.6. The first-order chi connectivity index (χ1) is 13.4. The second-order valence-corrected chi connectivity index (χ2v) is 7.13. The summed E-state index contributed by atoms with van der Waals surface area (Å²) in [6.45, 7) is 4.13. The summed E-state index contributed by atoms with van der Waals surface area (Å²) in [5.41, 5.74) is 2.84. The molecule has 6 nitrogen and oxygen atoms in total. The topological polar surface area (TPSA) is 64.5 Å². The van der Waals surface area contributed by atoms with Crippen LogP contribution in [0.25, 0.3) is 10.9 Å². The van der Waals surface area contributed by atoms with Gasteiger partial charge in [-0.25, -0.2) is 4.79 Å². The third-order valence-corrected chi connectivity index (χ3v) is 4.86. The van der Waals surface area contributed by atoms with Gasteiger partial charge in [0.2, 0.25) is 0 Å². The molecule has 2 aromatic carbocycles. The first-order valence-corrected chi connectivity index (χ1v) is 9.27. The highest BCUT2D eigenvalue weighted by molar-refractivity contribution is 5.93. The number of aryl methyl sites for hydroxylation is 1. The Labute approximate surface area is 165 Å². The second-order valence-electron chi connectivity index (χ2n) is 7.13. The number of anilines is 1. The number of rotatable bonds is 6. The van der Waals surface area contributed by atoms with Gasteiger partial charge in [-0.1, -0.05) is 19.9 Å². The molecule has 0 saturated heterocycles. The van der Waals surface area contributed by atoms with Crippen molar-refractivity contribution in [2.24, 2.45) is 13.0 Å². The minimum Gasteiger partial charge on any atom is -0.493 e. The van der Waals surface area contributed by atoms with Crippen LogP contribution in [0.2, 0.25) is 0 Å². The van der Waals surface area contributed by atoms with Crippen LogP contribution in [0.5, 0.6) is 11.5 Å². The Morgan fingerprint density at radius 1 is 1.00 bits per heavy atom. The summed E-state index contributed by atoms with van der Waals surface area (Å²) in [5.74, 6) is 1.50. The smallest absolute Gasteiger partial charge is 0.319 e. The molecule has 1 aromatic heterocycles. The first-order valence-electron chi connectivity index (χ1n) is 9.27. The number of nitrogens with one attached hydrogen (secondary N) is 2. The minimum absolute atomic E-state index is 0.166. The van der Waals surface area contributed by atoms with E-state index in [0.717, 1.165) is 22.2 Å². The van der Waals surface area contributed by atoms with Crippen molar-refractivity contribution in [2.75, 3.05) is 19.5 Å². The lowest BCUT2D eigenvalue weighted by Gasteiger charge is -2.24. The average Bonchev–Trinajstić information content (AvgIpc) is 3.05. The fraction of sp³-hybridized carbons (Fsp3) is 0.318. The molecule has 2 amide bonds. The Balaban J connectivity index is 1.77. The lowest BCUT2D eigenvalue weighted by Crippen LogP contribution is -2.35. The van der Waals surface area contributed by atoms with Crippen LogP contribution in [0.1, 0.15) is 25.5 Å². The van der Waals surface area contributed by atoms with Crippen LogP contribution in [0.4, 0.5) is 10.5 Å². The normalized spacial score (nSPS) is 12.1. The van der Waals surface area contributed by atoms with Crippen LogP contribution < -0.4 is 20.1 Å². The maximum Gasteiger partial charge on any atom is 0.319 e. The van der Waals surface area contributed by atoms with Crippen LogP contribution >= 0.6 is 0 Å². The molecule has 0 spiro atoms. The highest BCUT2D eigenvalue weighted by Gasteiger charge is 2.20. The Hall–Kier alpha value is -3.15. The van der Waals surface area contributed by atoms with Crippen molar-refractivity contribution in [3.8, 4) is 11.5 Å². The number of nitrogens with zero attached hydrogens (tertiary/aromatic N) is 1. The summed E-state index contributed by atoms with van der Waals surface area (Å²) < 4.78 is 12.7. The Kier molecular flexibility index (Phi) is 5.78. The fourth-order valence-corrected chi connectivity index (χ4v) is 3.35. The minimum atomic E-state index is -0.247. The van der Waals surface area contributed by atoms with E-state index in [1.54, 1.807) is 14.2 Å². The van der Waals surface area contributed by atoms with Gasteiger partial charge in [-0.05, 0) is 47.9 Å². The quantitative estimate of drug-likeness (QED) is 0.650. The number of urea groups is 1. The molecule has 0 radical (unpaired) electrons. The Morgan fingerprint density at radius 3 is 2.43 bits per heavy atom. The number of carbonyl (C=O) groups is 1. The molecule has 148 valence electrons. The van der Waals surface area contributed by atoms with Gasteiger partial charge in [0.05, 0.1) is 20.3 Å². The lowest BCUT2D eigenvalue weighted by molar-refractivity contribution is 0.244. The molecule has 0 aliphatic rings. The Morgan fingerprint density at radius 2 is 1.75 bits per heavy atom. The molecule has 0 aliphatic heterocycles. The zero-order valence-electron chi connectivity index (χ0n) is 16.9. The number of aromatic nitrogens is 1. The second kappa shape index (κ2) is 8.25. The number of hydrogen-bond acceptors (Lipinski definition) is 3. The molecule has 0 saturated carbocycles. The van der Waals surface area contributed by atoms with Crippen molar-refractivity contribution in [2.45, 2.75) is 19.9 Å². The van der Waals surface area contributed by atoms with Gasteiger partial charge in [0, 0.05) is 29.8 Å². The van der Waals surface area contributed by atoms with Crippen LogP contribution in [-0.4, -0.2) is 24.8 Å². The molecule has 1 atom stereocenters. The van der Waals surface area contributed by atoms with Gasteiger partial charge in [0.25, 0.3) is 0 Å². The van der Waals surface area contributed by atoms with Crippen LogP contribution in [-0.2, 0) is 7.05 Å². The highest BCUT2D eigenvalue weighted by atomic mass is 16.5. The molecule has 0 aliphatic carbocycles. The van der Waals surface area contributed by atoms with Gasteiger partial charge in [0.1, 0.15) is 0 Å². The number of amides is 2. The number of methoxy groups -OCH3 is 2. The summed E-state index contributed by atoms with van der Waals surface area (Å²) in [4.78, 5) is 12.6. The standard InChI is InChI=1S/C22H27N3O3/c1-14(2)21(16-6-9-19(27-4)20(13-16)28-5)24-22(26)23-17-7-8-18-15(12-17)10-11-25(18)3/h6-14,21H,1-5H3,(H2,23,24,26). The molecule has 3 rings (SSSR count). The zero-order valence-corrected chi connectivity index (χ0v) is 16.9. The molecule has 6 heteroatoms. The van der Waals surface area contributed by atoms with E-state index in [0.29, 0.717) is 11.5 Å². The number of hydrogen-bond donors (Lipinski definition) is 2. The van der Waals surface area contributed by atoms with Gasteiger partial charge < -0.3 is 24.7 Å². The third kappa shape index (κ3) is 4.06. The summed E-state index contributed by atoms with van der Waals surface area (Å²) >= 11 is 0. The molecule has 3 aromatic rings. The van der Waals surface area contributed by atoms with Gasteiger partial charge in [0.15, 0.2) is 11.5 Å². The monoisotopic (exact) mass is 381 g/mol. The van der Waals surface area contributed by atoms with E-state index in [4.69, 9.17) is 9.47 Å². The van der Waals surface area contributed by atoms with Crippen molar-refractivity contribution in [3.63, 3.8) is 0 Å². The summed E-state index contributed by atoms with van der Waals surface area (Å²) in [5, 5.41) is 7.09. The van der Waals surface area contributed by atoms with Crippen molar-refractivity contribution in [1.29, 1.82) is 0 Å². The van der Waals surface area contributed by atoms with Crippen molar-refractivity contribution >= 4 is 22.6 Å². The van der Waals surface area contributed by atoms with E-state index < -0.39 is 0 Å². The lowest BCUT2D eigenvalue weighted by atomic mass is 9.96. The molecule has 0 bridgehead atoms. The average molecular weight is 381 g/mol. The number of ether oxygens (including phenoxy) is 2. The predicted molar refractivity (Wildman–Crippen MR) is 112 cm³/mol. The van der Waals surface area contributed by atoms with E-state index >= 15 is 0 Å². The molecular formula is C22H27N3O3. The van der Waals surface area contributed by atoms with E-state index in [-0.39, 0.29) is 18.0 Å². The van der Waals surface area contributed by atoms with E-state index in [1.165, 1.54) is 0 Å². The van der Waals surface area contributed by atoms with Crippen molar-refractivity contribution < 1.29 is 14.3 Å². The van der Waals surface area contributed by atoms with Gasteiger partial charge >= 0.3 is 6.03 Å². The zero-order chi connectivity index (χ0) is 20.3. The van der Waals surface area contributed by atoms with Gasteiger partial charge in [-0.2, -0.15) is 0 Å². The summed E-state index contributed by atoms with van der Waals surface area (Å²) in [6, 6.07) is 13.2.